The van der Waals surface area contributed by atoms with Crippen molar-refractivity contribution in [3.8, 4) is 0 Å². The van der Waals surface area contributed by atoms with Crippen molar-refractivity contribution < 1.29 is 9.59 Å². The number of anilines is 4. The zero-order valence-corrected chi connectivity index (χ0v) is 23.1. The van der Waals surface area contributed by atoms with Gasteiger partial charge in [-0.15, -0.1) is 0 Å². The molecule has 5 rings (SSSR count). The summed E-state index contributed by atoms with van der Waals surface area (Å²) < 4.78 is 0. The quantitative estimate of drug-likeness (QED) is 0.423. The molecule has 0 saturated carbocycles. The number of hydrogen-bond acceptors (Lipinski definition) is 9. The average molecular weight is 555 g/mol. The third-order valence-corrected chi connectivity index (χ3v) is 8.28. The van der Waals surface area contributed by atoms with Crippen LogP contribution in [-0.2, 0) is 4.79 Å². The van der Waals surface area contributed by atoms with E-state index in [4.69, 9.17) is 11.6 Å². The third kappa shape index (κ3) is 6.06. The minimum atomic E-state index is -0.262. The lowest BCUT2D eigenvalue weighted by atomic mass is 10.0. The summed E-state index contributed by atoms with van der Waals surface area (Å²) in [6, 6.07) is 7.96. The van der Waals surface area contributed by atoms with Gasteiger partial charge in [-0.2, -0.15) is 0 Å². The lowest BCUT2D eigenvalue weighted by molar-refractivity contribution is -0.120. The molecule has 2 amide bonds. The topological polar surface area (TPSA) is 107 Å². The smallest absolute Gasteiger partial charge is 0.267 e. The molecular weight excluding hydrogens is 524 g/mol. The molecule has 3 aromatic rings. The van der Waals surface area contributed by atoms with Gasteiger partial charge in [0.2, 0.25) is 6.41 Å². The molecule has 2 aromatic heterocycles. The standard InChI is InChI=1S/C26H31ClN8O2S/c1-17-4-3-5-20(27)24(17)32-25(37)21-15-28-26(38-21)31-22-14-23(30-18(2)29-22)35-8-6-19(7-9-35)34-12-10-33(16-36)11-13-34/h3-5,14-16,19H,6-13H2,1-2H3,(H,32,37)(H,28,29,30,31). The number of piperidine rings is 1. The first-order valence-corrected chi connectivity index (χ1v) is 13.9. The molecule has 0 spiro atoms. The van der Waals surface area contributed by atoms with E-state index in [1.807, 2.05) is 36.9 Å². The molecule has 4 heterocycles. The molecule has 38 heavy (non-hydrogen) atoms. The summed E-state index contributed by atoms with van der Waals surface area (Å²) in [6.45, 7) is 9.10. The number of benzene rings is 1. The van der Waals surface area contributed by atoms with Crippen molar-refractivity contribution in [1.29, 1.82) is 0 Å². The van der Waals surface area contributed by atoms with Crippen LogP contribution >= 0.6 is 22.9 Å². The van der Waals surface area contributed by atoms with Crippen LogP contribution in [-0.4, -0.2) is 82.4 Å². The van der Waals surface area contributed by atoms with Crippen LogP contribution < -0.4 is 15.5 Å². The number of aromatic nitrogens is 3. The van der Waals surface area contributed by atoms with Crippen LogP contribution in [0, 0.1) is 13.8 Å². The number of nitrogens with one attached hydrogen (secondary N) is 2. The van der Waals surface area contributed by atoms with Crippen LogP contribution in [0.25, 0.3) is 0 Å². The van der Waals surface area contributed by atoms with Crippen LogP contribution in [0.1, 0.15) is 33.9 Å². The zero-order chi connectivity index (χ0) is 26.6. The second-order valence-corrected chi connectivity index (χ2v) is 11.0. The lowest BCUT2D eigenvalue weighted by Gasteiger charge is -2.42. The number of para-hydroxylation sites is 1. The maximum atomic E-state index is 12.8. The second kappa shape index (κ2) is 11.6. The van der Waals surface area contributed by atoms with E-state index in [-0.39, 0.29) is 5.91 Å². The molecule has 0 bridgehead atoms. The summed E-state index contributed by atoms with van der Waals surface area (Å²) in [6.07, 6.45) is 4.61. The Morgan fingerprint density at radius 2 is 1.87 bits per heavy atom. The number of carbonyl (C=O) groups excluding carboxylic acids is 2. The minimum Gasteiger partial charge on any atom is -0.356 e. The summed E-state index contributed by atoms with van der Waals surface area (Å²) in [4.78, 5) is 44.5. The molecule has 0 radical (unpaired) electrons. The Hall–Kier alpha value is -3.28. The van der Waals surface area contributed by atoms with E-state index in [0.717, 1.165) is 69.9 Å². The van der Waals surface area contributed by atoms with Gasteiger partial charge in [-0.1, -0.05) is 35.1 Å². The third-order valence-electron chi connectivity index (χ3n) is 7.05. The van der Waals surface area contributed by atoms with E-state index >= 15 is 0 Å². The molecule has 2 aliphatic heterocycles. The van der Waals surface area contributed by atoms with Crippen molar-refractivity contribution in [3.63, 3.8) is 0 Å². The number of aryl methyl sites for hydroxylation is 2. The Morgan fingerprint density at radius 1 is 1.11 bits per heavy atom. The first kappa shape index (κ1) is 26.3. The highest BCUT2D eigenvalue weighted by Crippen LogP contribution is 2.29. The van der Waals surface area contributed by atoms with Gasteiger partial charge in [0.15, 0.2) is 5.13 Å². The van der Waals surface area contributed by atoms with E-state index in [1.54, 1.807) is 12.3 Å². The van der Waals surface area contributed by atoms with Crippen molar-refractivity contribution in [3.05, 3.63) is 51.7 Å². The van der Waals surface area contributed by atoms with Crippen molar-refractivity contribution in [2.75, 3.05) is 54.8 Å². The Labute approximate surface area is 231 Å². The molecule has 2 saturated heterocycles. The van der Waals surface area contributed by atoms with E-state index in [9.17, 15) is 9.59 Å². The lowest BCUT2D eigenvalue weighted by Crippen LogP contribution is -2.53. The summed E-state index contributed by atoms with van der Waals surface area (Å²) in [5, 5.41) is 7.19. The van der Waals surface area contributed by atoms with Crippen molar-refractivity contribution in [2.24, 2.45) is 0 Å². The molecular formula is C26H31ClN8O2S. The number of nitrogens with zero attached hydrogens (tertiary/aromatic N) is 6. The first-order valence-electron chi connectivity index (χ1n) is 12.7. The Kier molecular flexibility index (Phi) is 8.06. The number of rotatable bonds is 7. The van der Waals surface area contributed by atoms with Gasteiger partial charge < -0.3 is 20.4 Å². The maximum absolute atomic E-state index is 12.8. The van der Waals surface area contributed by atoms with Gasteiger partial charge in [0.25, 0.3) is 5.91 Å². The number of halogens is 1. The van der Waals surface area contributed by atoms with E-state index < -0.39 is 0 Å². The van der Waals surface area contributed by atoms with Gasteiger partial charge >= 0.3 is 0 Å². The van der Waals surface area contributed by atoms with E-state index in [0.29, 0.717) is 38.4 Å². The fourth-order valence-electron chi connectivity index (χ4n) is 4.96. The summed E-state index contributed by atoms with van der Waals surface area (Å²) in [5.41, 5.74) is 1.49. The van der Waals surface area contributed by atoms with Gasteiger partial charge in [-0.25, -0.2) is 15.0 Å². The molecule has 1 aromatic carbocycles. The van der Waals surface area contributed by atoms with Crippen LogP contribution in [0.15, 0.2) is 30.5 Å². The number of thiazole rings is 1. The molecule has 0 unspecified atom stereocenters. The van der Waals surface area contributed by atoms with Crippen LogP contribution in [0.2, 0.25) is 5.02 Å². The molecule has 0 aliphatic carbocycles. The molecule has 10 nitrogen and oxygen atoms in total. The zero-order valence-electron chi connectivity index (χ0n) is 21.5. The summed E-state index contributed by atoms with van der Waals surface area (Å²) in [7, 11) is 0. The van der Waals surface area contributed by atoms with Gasteiger partial charge in [-0.3, -0.25) is 14.5 Å². The fourth-order valence-corrected chi connectivity index (χ4v) is 5.95. The monoisotopic (exact) mass is 554 g/mol. The van der Waals surface area contributed by atoms with E-state index in [2.05, 4.69) is 35.4 Å². The first-order chi connectivity index (χ1) is 18.4. The van der Waals surface area contributed by atoms with Gasteiger partial charge in [0, 0.05) is 51.4 Å². The predicted molar refractivity (Wildman–Crippen MR) is 151 cm³/mol. The minimum absolute atomic E-state index is 0.262. The van der Waals surface area contributed by atoms with Crippen molar-refractivity contribution in [1.82, 2.24) is 24.8 Å². The van der Waals surface area contributed by atoms with Crippen molar-refractivity contribution >= 4 is 57.7 Å². The number of piperazine rings is 1. The molecule has 2 fully saturated rings. The summed E-state index contributed by atoms with van der Waals surface area (Å²) in [5.74, 6) is 1.93. The SMILES string of the molecule is Cc1nc(Nc2ncc(C(=O)Nc3c(C)cccc3Cl)s2)cc(N2CCC(N3CCN(C=O)CC3)CC2)n1. The van der Waals surface area contributed by atoms with Crippen LogP contribution in [0.5, 0.6) is 0 Å². The Balaban J connectivity index is 1.20. The summed E-state index contributed by atoms with van der Waals surface area (Å²) >= 11 is 7.50. The van der Waals surface area contributed by atoms with Crippen molar-refractivity contribution in [2.45, 2.75) is 32.7 Å². The molecule has 200 valence electrons. The highest BCUT2D eigenvalue weighted by atomic mass is 35.5. The maximum Gasteiger partial charge on any atom is 0.267 e. The second-order valence-electron chi connectivity index (χ2n) is 9.59. The number of amides is 2. The fraction of sp³-hybridized carbons (Fsp3) is 0.423. The highest BCUT2D eigenvalue weighted by Gasteiger charge is 2.28. The van der Waals surface area contributed by atoms with Gasteiger partial charge in [0.1, 0.15) is 22.3 Å². The molecule has 12 heteroatoms. The molecule has 2 N–H and O–H groups in total. The van der Waals surface area contributed by atoms with Gasteiger partial charge in [0.05, 0.1) is 16.9 Å². The van der Waals surface area contributed by atoms with E-state index in [1.165, 1.54) is 11.3 Å². The average Bonchev–Trinajstić information content (AvgIpc) is 3.39. The van der Waals surface area contributed by atoms with Crippen LogP contribution in [0.3, 0.4) is 0 Å². The van der Waals surface area contributed by atoms with Crippen LogP contribution in [0.4, 0.5) is 22.5 Å². The molecule has 0 atom stereocenters. The predicted octanol–water partition coefficient (Wildman–Crippen LogP) is 3.94. The Bertz CT molecular complexity index is 1280. The number of hydrogen-bond donors (Lipinski definition) is 2. The Morgan fingerprint density at radius 3 is 2.58 bits per heavy atom. The largest absolute Gasteiger partial charge is 0.356 e. The normalized spacial score (nSPS) is 16.9. The number of carbonyl (C=O) groups is 2. The van der Waals surface area contributed by atoms with Gasteiger partial charge in [-0.05, 0) is 38.3 Å². The highest BCUT2D eigenvalue weighted by molar-refractivity contribution is 7.17. The molecule has 2 aliphatic rings.